The van der Waals surface area contributed by atoms with E-state index in [9.17, 15) is 9.59 Å². The third kappa shape index (κ3) is 4.55. The fraction of sp³-hybridized carbons (Fsp3) is 0.429. The van der Waals surface area contributed by atoms with Gasteiger partial charge in [-0.05, 0) is 24.3 Å². The van der Waals surface area contributed by atoms with E-state index in [0.717, 1.165) is 0 Å². The summed E-state index contributed by atoms with van der Waals surface area (Å²) in [6, 6.07) is 6.66. The van der Waals surface area contributed by atoms with Gasteiger partial charge < -0.3 is 19.5 Å². The topological polar surface area (TPSA) is 76.1 Å². The summed E-state index contributed by atoms with van der Waals surface area (Å²) in [5, 5.41) is 8.51. The second-order valence-electron chi connectivity index (χ2n) is 4.43. The van der Waals surface area contributed by atoms with Crippen molar-refractivity contribution in [2.45, 2.75) is 6.92 Å². The predicted octanol–water partition coefficient (Wildman–Crippen LogP) is 1.40. The van der Waals surface area contributed by atoms with Gasteiger partial charge in [0.25, 0.3) is 0 Å². The molecule has 1 amide bonds. The van der Waals surface area contributed by atoms with Gasteiger partial charge >= 0.3 is 5.97 Å². The number of aliphatic carboxylic acids is 1. The third-order valence-electron chi connectivity index (χ3n) is 2.76. The maximum Gasteiger partial charge on any atom is 0.341 e. The summed E-state index contributed by atoms with van der Waals surface area (Å²) >= 11 is 0. The molecule has 110 valence electrons. The van der Waals surface area contributed by atoms with Gasteiger partial charge in [0.15, 0.2) is 6.61 Å². The second-order valence-corrected chi connectivity index (χ2v) is 4.43. The van der Waals surface area contributed by atoms with E-state index >= 15 is 0 Å². The fourth-order valence-corrected chi connectivity index (χ4v) is 1.69. The Kier molecular flexibility index (Phi) is 5.99. The molecule has 1 aromatic rings. The van der Waals surface area contributed by atoms with Gasteiger partial charge in [-0.25, -0.2) is 4.79 Å². The summed E-state index contributed by atoms with van der Waals surface area (Å²) in [4.78, 5) is 24.0. The molecule has 0 aliphatic heterocycles. The second kappa shape index (κ2) is 7.49. The predicted molar refractivity (Wildman–Crippen MR) is 74.0 cm³/mol. The number of hydrogen-bond donors (Lipinski definition) is 1. The van der Waals surface area contributed by atoms with E-state index < -0.39 is 5.97 Å². The first-order chi connectivity index (χ1) is 9.45. The van der Waals surface area contributed by atoms with Crippen molar-refractivity contribution in [3.05, 3.63) is 24.3 Å². The largest absolute Gasteiger partial charge is 0.482 e. The lowest BCUT2D eigenvalue weighted by molar-refractivity contribution is -0.139. The van der Waals surface area contributed by atoms with Gasteiger partial charge in [-0.2, -0.15) is 0 Å². The third-order valence-corrected chi connectivity index (χ3v) is 2.76. The van der Waals surface area contributed by atoms with Crippen molar-refractivity contribution in [3.63, 3.8) is 0 Å². The Bertz CT molecular complexity index is 457. The average molecular weight is 281 g/mol. The van der Waals surface area contributed by atoms with Crippen molar-refractivity contribution in [3.8, 4) is 5.75 Å². The van der Waals surface area contributed by atoms with Crippen LogP contribution in [0.25, 0.3) is 0 Å². The minimum atomic E-state index is -1.03. The molecule has 0 heterocycles. The van der Waals surface area contributed by atoms with Crippen molar-refractivity contribution in [1.82, 2.24) is 0 Å². The Balaban J connectivity index is 2.67. The van der Waals surface area contributed by atoms with Gasteiger partial charge in [0, 0.05) is 19.8 Å². The van der Waals surface area contributed by atoms with Crippen molar-refractivity contribution in [2.24, 2.45) is 5.92 Å². The van der Waals surface area contributed by atoms with E-state index in [-0.39, 0.29) is 18.4 Å². The molecule has 0 fully saturated rings. The standard InChI is InChI=1S/C14H19NO5/c1-10(8-19-3)14(18)15(2)11-4-6-12(7-5-11)20-9-13(16)17/h4-7,10H,8-9H2,1-3H3,(H,16,17). The number of carboxylic acids is 1. The molecule has 0 aliphatic rings. The Morgan fingerprint density at radius 2 is 1.90 bits per heavy atom. The van der Waals surface area contributed by atoms with Gasteiger partial charge in [0.05, 0.1) is 12.5 Å². The number of benzene rings is 1. The number of carbonyl (C=O) groups is 2. The zero-order valence-electron chi connectivity index (χ0n) is 11.8. The highest BCUT2D eigenvalue weighted by Crippen LogP contribution is 2.20. The summed E-state index contributed by atoms with van der Waals surface area (Å²) < 4.78 is 9.99. The highest BCUT2D eigenvalue weighted by atomic mass is 16.5. The highest BCUT2D eigenvalue weighted by Gasteiger charge is 2.18. The van der Waals surface area contributed by atoms with Crippen LogP contribution < -0.4 is 9.64 Å². The summed E-state index contributed by atoms with van der Waals surface area (Å²) in [6.45, 7) is 1.77. The van der Waals surface area contributed by atoms with Crippen LogP contribution in [-0.4, -0.2) is 44.4 Å². The van der Waals surface area contributed by atoms with Crippen LogP contribution in [0.2, 0.25) is 0 Å². The summed E-state index contributed by atoms with van der Waals surface area (Å²) in [5.74, 6) is -0.865. The van der Waals surface area contributed by atoms with E-state index in [1.165, 1.54) is 4.90 Å². The Labute approximate surface area is 117 Å². The monoisotopic (exact) mass is 281 g/mol. The molecule has 1 unspecified atom stereocenters. The number of carboxylic acid groups (broad SMARTS) is 1. The van der Waals surface area contributed by atoms with Crippen molar-refractivity contribution >= 4 is 17.6 Å². The molecule has 6 nitrogen and oxygen atoms in total. The minimum Gasteiger partial charge on any atom is -0.482 e. The molecule has 0 aromatic heterocycles. The lowest BCUT2D eigenvalue weighted by atomic mass is 10.1. The van der Waals surface area contributed by atoms with Gasteiger partial charge in [-0.3, -0.25) is 4.79 Å². The maximum atomic E-state index is 12.1. The molecular weight excluding hydrogens is 262 g/mol. The molecule has 0 radical (unpaired) electrons. The number of anilines is 1. The minimum absolute atomic E-state index is 0.0499. The normalized spacial score (nSPS) is 11.8. The van der Waals surface area contributed by atoms with E-state index in [1.807, 2.05) is 0 Å². The number of carbonyl (C=O) groups excluding carboxylic acids is 1. The number of methoxy groups -OCH3 is 1. The molecule has 0 saturated heterocycles. The summed E-state index contributed by atoms with van der Waals surface area (Å²) in [5.41, 5.74) is 0.709. The summed E-state index contributed by atoms with van der Waals surface area (Å²) in [6.07, 6.45) is 0. The highest BCUT2D eigenvalue weighted by molar-refractivity contribution is 5.94. The van der Waals surface area contributed by atoms with Crippen molar-refractivity contribution in [1.29, 1.82) is 0 Å². The zero-order chi connectivity index (χ0) is 15.1. The van der Waals surface area contributed by atoms with Crippen LogP contribution in [0.4, 0.5) is 5.69 Å². The number of nitrogens with zero attached hydrogens (tertiary/aromatic N) is 1. The molecule has 0 saturated carbocycles. The molecule has 20 heavy (non-hydrogen) atoms. The Hall–Kier alpha value is -2.08. The average Bonchev–Trinajstić information content (AvgIpc) is 2.44. The van der Waals surface area contributed by atoms with Crippen molar-refractivity contribution < 1.29 is 24.2 Å². The zero-order valence-corrected chi connectivity index (χ0v) is 11.8. The Morgan fingerprint density at radius 3 is 2.40 bits per heavy atom. The van der Waals surface area contributed by atoms with Crippen LogP contribution in [0, 0.1) is 5.92 Å². The van der Waals surface area contributed by atoms with Gasteiger partial charge in [0.2, 0.25) is 5.91 Å². The first-order valence-electron chi connectivity index (χ1n) is 6.17. The maximum absolute atomic E-state index is 12.1. The van der Waals surface area contributed by atoms with E-state index in [2.05, 4.69) is 0 Å². The van der Waals surface area contributed by atoms with Crippen LogP contribution in [0.5, 0.6) is 5.75 Å². The molecule has 0 spiro atoms. The van der Waals surface area contributed by atoms with E-state index in [0.29, 0.717) is 18.0 Å². The smallest absolute Gasteiger partial charge is 0.341 e. The summed E-state index contributed by atoms with van der Waals surface area (Å²) in [7, 11) is 3.24. The quantitative estimate of drug-likeness (QED) is 0.817. The van der Waals surface area contributed by atoms with Crippen LogP contribution in [0.3, 0.4) is 0 Å². The van der Waals surface area contributed by atoms with Gasteiger partial charge in [-0.1, -0.05) is 6.92 Å². The number of amides is 1. The molecule has 0 aliphatic carbocycles. The molecule has 1 atom stereocenters. The van der Waals surface area contributed by atoms with Gasteiger partial charge in [-0.15, -0.1) is 0 Å². The van der Waals surface area contributed by atoms with Crippen LogP contribution in [0.1, 0.15) is 6.92 Å². The van der Waals surface area contributed by atoms with E-state index in [1.54, 1.807) is 45.3 Å². The molecule has 1 N–H and O–H groups in total. The number of rotatable bonds is 7. The lowest BCUT2D eigenvalue weighted by Gasteiger charge is -2.21. The number of ether oxygens (including phenoxy) is 2. The van der Waals surface area contributed by atoms with E-state index in [4.69, 9.17) is 14.6 Å². The first kappa shape index (κ1) is 16.0. The molecule has 0 bridgehead atoms. The Morgan fingerprint density at radius 1 is 1.30 bits per heavy atom. The molecular formula is C14H19NO5. The molecule has 6 heteroatoms. The van der Waals surface area contributed by atoms with Crippen LogP contribution >= 0.6 is 0 Å². The SMILES string of the molecule is COCC(C)C(=O)N(C)c1ccc(OCC(=O)O)cc1. The van der Waals surface area contributed by atoms with Gasteiger partial charge in [0.1, 0.15) is 5.75 Å². The number of hydrogen-bond acceptors (Lipinski definition) is 4. The molecule has 1 rings (SSSR count). The molecule has 1 aromatic carbocycles. The fourth-order valence-electron chi connectivity index (χ4n) is 1.69. The van der Waals surface area contributed by atoms with Crippen LogP contribution in [-0.2, 0) is 14.3 Å². The van der Waals surface area contributed by atoms with Crippen molar-refractivity contribution in [2.75, 3.05) is 32.3 Å². The first-order valence-corrected chi connectivity index (χ1v) is 6.17. The van der Waals surface area contributed by atoms with Crippen LogP contribution in [0.15, 0.2) is 24.3 Å². The lowest BCUT2D eigenvalue weighted by Crippen LogP contribution is -2.33.